The van der Waals surface area contributed by atoms with Gasteiger partial charge in [0.15, 0.2) is 6.10 Å². The summed E-state index contributed by atoms with van der Waals surface area (Å²) in [4.78, 5) is 23.8. The predicted octanol–water partition coefficient (Wildman–Crippen LogP) is 4.07. The highest BCUT2D eigenvalue weighted by Crippen LogP contribution is 2.25. The van der Waals surface area contributed by atoms with Gasteiger partial charge >= 0.3 is 5.97 Å². The van der Waals surface area contributed by atoms with E-state index < -0.39 is 12.1 Å². The number of fused-ring (bicyclic) bond motifs is 1. The van der Waals surface area contributed by atoms with E-state index in [1.165, 1.54) is 18.4 Å². The molecule has 0 saturated carbocycles. The zero-order valence-corrected chi connectivity index (χ0v) is 14.3. The Bertz CT molecular complexity index is 975. The minimum atomic E-state index is -1.05. The van der Waals surface area contributed by atoms with Gasteiger partial charge in [0.2, 0.25) is 11.2 Å². The van der Waals surface area contributed by atoms with Crippen LogP contribution in [0.2, 0.25) is 0 Å². The molecule has 134 valence electrons. The number of ether oxygens (including phenoxy) is 2. The van der Waals surface area contributed by atoms with E-state index in [1.807, 2.05) is 6.07 Å². The van der Waals surface area contributed by atoms with Crippen LogP contribution in [0, 0.1) is 5.92 Å². The van der Waals surface area contributed by atoms with Gasteiger partial charge in [-0.2, -0.15) is 0 Å². The number of para-hydroxylation sites is 1. The van der Waals surface area contributed by atoms with Crippen LogP contribution in [-0.4, -0.2) is 17.2 Å². The molecule has 1 unspecified atom stereocenters. The third kappa shape index (κ3) is 3.69. The molecule has 0 aliphatic rings. The Morgan fingerprint density at radius 2 is 1.81 bits per heavy atom. The molecule has 3 aromatic rings. The summed E-state index contributed by atoms with van der Waals surface area (Å²) in [6.07, 6.45) is 0.248. The van der Waals surface area contributed by atoms with Crippen LogP contribution in [0.1, 0.15) is 13.8 Å². The molecular weight excluding hydrogens is 336 g/mol. The molecule has 1 atom stereocenters. The van der Waals surface area contributed by atoms with Crippen molar-refractivity contribution in [1.29, 1.82) is 0 Å². The smallest absolute Gasteiger partial charge is 0.345 e. The lowest BCUT2D eigenvalue weighted by Gasteiger charge is -2.18. The molecular formula is C20H18O6. The average molecular weight is 354 g/mol. The summed E-state index contributed by atoms with van der Waals surface area (Å²) in [6, 6.07) is 13.5. The molecule has 1 N–H and O–H groups in total. The lowest BCUT2D eigenvalue weighted by atomic mass is 10.1. The van der Waals surface area contributed by atoms with Crippen molar-refractivity contribution in [2.24, 2.45) is 5.92 Å². The molecule has 0 spiro atoms. The number of hydrogen-bond donors (Lipinski definition) is 1. The first kappa shape index (κ1) is 17.5. The van der Waals surface area contributed by atoms with Crippen LogP contribution in [0.5, 0.6) is 17.2 Å². The first-order valence-corrected chi connectivity index (χ1v) is 8.13. The van der Waals surface area contributed by atoms with E-state index >= 15 is 0 Å². The first-order valence-electron chi connectivity index (χ1n) is 8.13. The molecule has 0 aliphatic heterocycles. The summed E-state index contributed by atoms with van der Waals surface area (Å²) >= 11 is 0. The lowest BCUT2D eigenvalue weighted by Crippen LogP contribution is -2.32. The highest BCUT2D eigenvalue weighted by atomic mass is 16.5. The van der Waals surface area contributed by atoms with E-state index in [9.17, 15) is 14.7 Å². The summed E-state index contributed by atoms with van der Waals surface area (Å²) in [5.41, 5.74) is -0.0268. The monoisotopic (exact) mass is 354 g/mol. The number of carboxylic acid groups (broad SMARTS) is 1. The normalized spacial score (nSPS) is 12.1. The van der Waals surface area contributed by atoms with Crippen LogP contribution in [0.25, 0.3) is 11.0 Å². The van der Waals surface area contributed by atoms with Gasteiger partial charge in [0.05, 0.1) is 5.39 Å². The van der Waals surface area contributed by atoms with Gasteiger partial charge in [0.25, 0.3) is 0 Å². The van der Waals surface area contributed by atoms with Gasteiger partial charge in [-0.3, -0.25) is 4.79 Å². The van der Waals surface area contributed by atoms with Gasteiger partial charge in [-0.25, -0.2) is 4.79 Å². The quantitative estimate of drug-likeness (QED) is 0.718. The summed E-state index contributed by atoms with van der Waals surface area (Å²) in [6.45, 7) is 3.51. The van der Waals surface area contributed by atoms with E-state index in [4.69, 9.17) is 13.9 Å². The molecule has 0 fully saturated rings. The van der Waals surface area contributed by atoms with Crippen molar-refractivity contribution in [3.05, 3.63) is 65.0 Å². The Morgan fingerprint density at radius 3 is 2.46 bits per heavy atom. The van der Waals surface area contributed by atoms with Gasteiger partial charge in [-0.1, -0.05) is 32.0 Å². The standard InChI is InChI=1S/C20H18O6/c1-12(2)19(20(22)23)26-14-8-9-15-16(10-14)24-11-17(18(15)21)25-13-6-4-3-5-7-13/h3-12,19H,1-2H3,(H,22,23). The van der Waals surface area contributed by atoms with E-state index in [0.717, 1.165) is 0 Å². The summed E-state index contributed by atoms with van der Waals surface area (Å²) < 4.78 is 16.6. The first-order chi connectivity index (χ1) is 12.5. The van der Waals surface area contributed by atoms with E-state index in [2.05, 4.69) is 0 Å². The van der Waals surface area contributed by atoms with Crippen LogP contribution in [0.15, 0.2) is 64.0 Å². The van der Waals surface area contributed by atoms with Gasteiger partial charge < -0.3 is 19.0 Å². The van der Waals surface area contributed by atoms with Gasteiger partial charge in [0.1, 0.15) is 23.3 Å². The minimum absolute atomic E-state index is 0.0722. The molecule has 26 heavy (non-hydrogen) atoms. The van der Waals surface area contributed by atoms with Gasteiger partial charge in [-0.15, -0.1) is 0 Å². The lowest BCUT2D eigenvalue weighted by molar-refractivity contribution is -0.147. The molecule has 0 radical (unpaired) electrons. The fourth-order valence-electron chi connectivity index (χ4n) is 2.47. The largest absolute Gasteiger partial charge is 0.478 e. The Hall–Kier alpha value is -3.28. The number of rotatable bonds is 6. The van der Waals surface area contributed by atoms with Crippen LogP contribution in [-0.2, 0) is 4.79 Å². The molecule has 0 saturated heterocycles. The number of carboxylic acids is 1. The number of aliphatic carboxylic acids is 1. The maximum absolute atomic E-state index is 12.6. The van der Waals surface area contributed by atoms with Gasteiger partial charge in [0, 0.05) is 12.0 Å². The van der Waals surface area contributed by atoms with E-state index in [0.29, 0.717) is 22.5 Å². The van der Waals surface area contributed by atoms with Crippen molar-refractivity contribution >= 4 is 16.9 Å². The predicted molar refractivity (Wildman–Crippen MR) is 95.9 cm³/mol. The Labute approximate surface area is 149 Å². The van der Waals surface area contributed by atoms with Crippen molar-refractivity contribution in [3.63, 3.8) is 0 Å². The zero-order chi connectivity index (χ0) is 18.7. The highest BCUT2D eigenvalue weighted by molar-refractivity contribution is 5.79. The van der Waals surface area contributed by atoms with Crippen molar-refractivity contribution in [2.45, 2.75) is 20.0 Å². The van der Waals surface area contributed by atoms with E-state index in [1.54, 1.807) is 44.2 Å². The van der Waals surface area contributed by atoms with Crippen LogP contribution in [0.4, 0.5) is 0 Å². The average Bonchev–Trinajstić information content (AvgIpc) is 2.62. The second-order valence-electron chi connectivity index (χ2n) is 6.12. The fraction of sp³-hybridized carbons (Fsp3) is 0.200. The van der Waals surface area contributed by atoms with Gasteiger partial charge in [-0.05, 0) is 24.3 Å². The number of benzene rings is 2. The number of carbonyl (C=O) groups is 1. The summed E-state index contributed by atoms with van der Waals surface area (Å²) in [5, 5.41) is 9.55. The van der Waals surface area contributed by atoms with Crippen LogP contribution in [0.3, 0.4) is 0 Å². The van der Waals surface area contributed by atoms with E-state index in [-0.39, 0.29) is 17.1 Å². The second-order valence-corrected chi connectivity index (χ2v) is 6.12. The topological polar surface area (TPSA) is 86.0 Å². The summed E-state index contributed by atoms with van der Waals surface area (Å²) in [7, 11) is 0. The number of hydrogen-bond acceptors (Lipinski definition) is 5. The molecule has 6 heteroatoms. The Kier molecular flexibility index (Phi) is 4.93. The third-order valence-electron chi connectivity index (χ3n) is 3.80. The molecule has 0 bridgehead atoms. The second kappa shape index (κ2) is 7.31. The Balaban J connectivity index is 1.91. The summed E-state index contributed by atoms with van der Waals surface area (Å²) in [5.74, 6) is -0.341. The van der Waals surface area contributed by atoms with Crippen molar-refractivity contribution in [2.75, 3.05) is 0 Å². The zero-order valence-electron chi connectivity index (χ0n) is 14.3. The van der Waals surface area contributed by atoms with Crippen LogP contribution >= 0.6 is 0 Å². The maximum Gasteiger partial charge on any atom is 0.345 e. The molecule has 1 heterocycles. The molecule has 1 aromatic heterocycles. The van der Waals surface area contributed by atoms with Crippen LogP contribution < -0.4 is 14.9 Å². The van der Waals surface area contributed by atoms with Crippen molar-refractivity contribution in [1.82, 2.24) is 0 Å². The molecule has 6 nitrogen and oxygen atoms in total. The SMILES string of the molecule is CC(C)C(Oc1ccc2c(=O)c(Oc3ccccc3)coc2c1)C(=O)O. The minimum Gasteiger partial charge on any atom is -0.478 e. The highest BCUT2D eigenvalue weighted by Gasteiger charge is 2.23. The molecule has 3 rings (SSSR count). The Morgan fingerprint density at radius 1 is 1.08 bits per heavy atom. The molecule has 2 aromatic carbocycles. The molecule has 0 aliphatic carbocycles. The third-order valence-corrected chi connectivity index (χ3v) is 3.80. The van der Waals surface area contributed by atoms with Crippen molar-refractivity contribution < 1.29 is 23.8 Å². The molecule has 0 amide bonds. The maximum atomic E-state index is 12.6. The fourth-order valence-corrected chi connectivity index (χ4v) is 2.47. The van der Waals surface area contributed by atoms with Crippen molar-refractivity contribution in [3.8, 4) is 17.2 Å².